The van der Waals surface area contributed by atoms with Crippen LogP contribution < -0.4 is 15.0 Å². The molecule has 0 unspecified atom stereocenters. The highest BCUT2D eigenvalue weighted by Crippen LogP contribution is 2.34. The highest BCUT2D eigenvalue weighted by molar-refractivity contribution is 7.20. The number of unbranched alkanes of at least 4 members (excludes halogenated alkanes) is 1. The van der Waals surface area contributed by atoms with Crippen molar-refractivity contribution < 1.29 is 19.1 Å². The molecule has 7 nitrogen and oxygen atoms in total. The Kier molecular flexibility index (Phi) is 8.26. The van der Waals surface area contributed by atoms with Crippen LogP contribution in [0.5, 0.6) is 5.75 Å². The lowest BCUT2D eigenvalue weighted by Gasteiger charge is -2.36. The number of fused-ring (bicyclic) bond motifs is 1. The molecule has 8 heteroatoms. The van der Waals surface area contributed by atoms with Gasteiger partial charge in [0.2, 0.25) is 0 Å². The van der Waals surface area contributed by atoms with E-state index < -0.39 is 0 Å². The Balaban J connectivity index is 1.05. The van der Waals surface area contributed by atoms with Gasteiger partial charge in [0.1, 0.15) is 10.6 Å². The van der Waals surface area contributed by atoms with Crippen LogP contribution in [0.2, 0.25) is 0 Å². The van der Waals surface area contributed by atoms with Crippen LogP contribution in [0.4, 0.5) is 5.69 Å². The molecule has 5 rings (SSSR count). The molecular weight excluding hydrogens is 486 g/mol. The fourth-order valence-electron chi connectivity index (χ4n) is 4.69. The number of nitrogens with zero attached hydrogens (tertiary/aromatic N) is 2. The molecule has 37 heavy (non-hydrogen) atoms. The number of nitrogens with one attached hydrogen (secondary N) is 1. The summed E-state index contributed by atoms with van der Waals surface area (Å²) >= 11 is 1.50. The number of piperazine rings is 1. The molecule has 1 saturated heterocycles. The van der Waals surface area contributed by atoms with Crippen LogP contribution in [0.1, 0.15) is 52.6 Å². The molecule has 1 aliphatic heterocycles. The normalized spacial score (nSPS) is 16.1. The molecule has 0 radical (unpaired) electrons. The van der Waals surface area contributed by atoms with Crippen molar-refractivity contribution in [3.63, 3.8) is 0 Å². The number of carbonyl (C=O) groups excluding carboxylic acids is 2. The molecule has 196 valence electrons. The van der Waals surface area contributed by atoms with Gasteiger partial charge in [-0.05, 0) is 75.5 Å². The van der Waals surface area contributed by atoms with E-state index in [0.29, 0.717) is 29.7 Å². The van der Waals surface area contributed by atoms with E-state index in [9.17, 15) is 9.59 Å². The second kappa shape index (κ2) is 12.0. The first-order valence-electron chi connectivity index (χ1n) is 13.3. The number of anilines is 1. The van der Waals surface area contributed by atoms with Crippen LogP contribution in [0, 0.1) is 0 Å². The Morgan fingerprint density at radius 1 is 1.03 bits per heavy atom. The average molecular weight is 522 g/mol. The lowest BCUT2D eigenvalue weighted by molar-refractivity contribution is 0.0532. The molecule has 3 aromatic rings. The third-order valence-electron chi connectivity index (χ3n) is 6.87. The largest absolute Gasteiger partial charge is 0.494 e. The van der Waals surface area contributed by atoms with Gasteiger partial charge in [0.15, 0.2) is 0 Å². The highest BCUT2D eigenvalue weighted by atomic mass is 32.1. The van der Waals surface area contributed by atoms with E-state index in [1.165, 1.54) is 17.0 Å². The first kappa shape index (κ1) is 25.5. The van der Waals surface area contributed by atoms with E-state index in [4.69, 9.17) is 9.47 Å². The first-order chi connectivity index (χ1) is 18.1. The predicted octanol–water partition coefficient (Wildman–Crippen LogP) is 4.95. The smallest absolute Gasteiger partial charge is 0.348 e. The van der Waals surface area contributed by atoms with Gasteiger partial charge in [-0.3, -0.25) is 9.69 Å². The number of carbonyl (C=O) groups is 2. The summed E-state index contributed by atoms with van der Waals surface area (Å²) in [5, 5.41) is 4.16. The van der Waals surface area contributed by atoms with Crippen molar-refractivity contribution >= 4 is 39.0 Å². The number of amides is 1. The SMILES string of the molecule is CCOC(=O)c1cc2c(N3CCN(CCCCOc4cccc(C(=O)NC5CC5)c4)CC3)cccc2s1. The van der Waals surface area contributed by atoms with E-state index in [1.54, 1.807) is 0 Å². The summed E-state index contributed by atoms with van der Waals surface area (Å²) in [6, 6.07) is 16.1. The van der Waals surface area contributed by atoms with Gasteiger partial charge >= 0.3 is 5.97 Å². The Hall–Kier alpha value is -3.10. The van der Waals surface area contributed by atoms with Gasteiger partial charge in [-0.25, -0.2) is 4.79 Å². The molecule has 0 spiro atoms. The summed E-state index contributed by atoms with van der Waals surface area (Å²) in [7, 11) is 0. The summed E-state index contributed by atoms with van der Waals surface area (Å²) < 4.78 is 12.2. The van der Waals surface area contributed by atoms with E-state index in [1.807, 2.05) is 37.3 Å². The number of hydrogen-bond donors (Lipinski definition) is 1. The van der Waals surface area contributed by atoms with Gasteiger partial charge < -0.3 is 19.7 Å². The lowest BCUT2D eigenvalue weighted by atomic mass is 10.1. The summed E-state index contributed by atoms with van der Waals surface area (Å²) in [5.74, 6) is 0.503. The van der Waals surface area contributed by atoms with Crippen LogP contribution in [-0.2, 0) is 4.74 Å². The van der Waals surface area contributed by atoms with Gasteiger partial charge in [0.05, 0.1) is 13.2 Å². The molecule has 1 amide bonds. The summed E-state index contributed by atoms with van der Waals surface area (Å²) in [4.78, 5) is 30.0. The van der Waals surface area contributed by atoms with Crippen LogP contribution in [0.15, 0.2) is 48.5 Å². The fraction of sp³-hybridized carbons (Fsp3) is 0.448. The quantitative estimate of drug-likeness (QED) is 0.284. The average Bonchev–Trinajstić information content (AvgIpc) is 3.62. The van der Waals surface area contributed by atoms with E-state index >= 15 is 0 Å². The van der Waals surface area contributed by atoms with Crippen LogP contribution >= 0.6 is 11.3 Å². The zero-order chi connectivity index (χ0) is 25.6. The van der Waals surface area contributed by atoms with Crippen molar-refractivity contribution in [1.82, 2.24) is 10.2 Å². The molecule has 2 aliphatic rings. The van der Waals surface area contributed by atoms with Gasteiger partial charge in [0, 0.05) is 53.6 Å². The summed E-state index contributed by atoms with van der Waals surface area (Å²) in [6.45, 7) is 7.90. The Labute approximate surface area is 222 Å². The number of benzene rings is 2. The van der Waals surface area contributed by atoms with Crippen LogP contribution in [0.25, 0.3) is 10.1 Å². The minimum Gasteiger partial charge on any atom is -0.494 e. The molecule has 1 aliphatic carbocycles. The second-order valence-corrected chi connectivity index (χ2v) is 10.8. The standard InChI is InChI=1S/C29H35N3O4S/c1-2-35-29(34)27-20-24-25(9-6-10-26(24)37-27)32-16-14-31(15-17-32)13-3-4-18-36-23-8-5-7-21(19-23)28(33)30-22-11-12-22/h5-10,19-20,22H,2-4,11-18H2,1H3,(H,30,33). The zero-order valence-corrected chi connectivity index (χ0v) is 22.2. The maximum Gasteiger partial charge on any atom is 0.348 e. The maximum absolute atomic E-state index is 12.2. The molecule has 2 aromatic carbocycles. The molecular formula is C29H35N3O4S. The van der Waals surface area contributed by atoms with Crippen LogP contribution in [0.3, 0.4) is 0 Å². The molecule has 2 fully saturated rings. The monoisotopic (exact) mass is 521 g/mol. The Bertz CT molecular complexity index is 1230. The fourth-order valence-corrected chi connectivity index (χ4v) is 5.66. The minimum atomic E-state index is -0.241. The minimum absolute atomic E-state index is 0.0123. The molecule has 1 saturated carbocycles. The Morgan fingerprint density at radius 2 is 1.84 bits per heavy atom. The van der Waals surface area contributed by atoms with E-state index in [2.05, 4.69) is 33.3 Å². The third kappa shape index (κ3) is 6.62. The summed E-state index contributed by atoms with van der Waals surface area (Å²) in [5.41, 5.74) is 1.86. The van der Waals surface area contributed by atoms with E-state index in [0.717, 1.165) is 74.2 Å². The first-order valence-corrected chi connectivity index (χ1v) is 14.1. The second-order valence-electron chi connectivity index (χ2n) is 9.68. The van der Waals surface area contributed by atoms with Gasteiger partial charge in [-0.15, -0.1) is 11.3 Å². The number of ether oxygens (including phenoxy) is 2. The number of thiophene rings is 1. The molecule has 1 aromatic heterocycles. The molecule has 2 heterocycles. The third-order valence-corrected chi connectivity index (χ3v) is 7.95. The summed E-state index contributed by atoms with van der Waals surface area (Å²) in [6.07, 6.45) is 4.22. The van der Waals surface area contributed by atoms with Crippen molar-refractivity contribution in [3.05, 3.63) is 59.0 Å². The number of esters is 1. The highest BCUT2D eigenvalue weighted by Gasteiger charge is 2.24. The van der Waals surface area contributed by atoms with Gasteiger partial charge in [-0.1, -0.05) is 12.1 Å². The van der Waals surface area contributed by atoms with Crippen molar-refractivity contribution in [1.29, 1.82) is 0 Å². The number of hydrogen-bond acceptors (Lipinski definition) is 7. The number of rotatable bonds is 11. The van der Waals surface area contributed by atoms with Gasteiger partial charge in [-0.2, -0.15) is 0 Å². The predicted molar refractivity (Wildman–Crippen MR) is 148 cm³/mol. The molecule has 0 atom stereocenters. The van der Waals surface area contributed by atoms with Gasteiger partial charge in [0.25, 0.3) is 5.91 Å². The van der Waals surface area contributed by atoms with E-state index in [-0.39, 0.29) is 11.9 Å². The zero-order valence-electron chi connectivity index (χ0n) is 21.4. The molecule has 1 N–H and O–H groups in total. The van der Waals surface area contributed by atoms with Crippen molar-refractivity contribution in [2.75, 3.05) is 50.8 Å². The van der Waals surface area contributed by atoms with Crippen molar-refractivity contribution in [2.24, 2.45) is 0 Å². The topological polar surface area (TPSA) is 71.1 Å². The van der Waals surface area contributed by atoms with Crippen LogP contribution in [-0.4, -0.2) is 68.8 Å². The Morgan fingerprint density at radius 3 is 2.62 bits per heavy atom. The van der Waals surface area contributed by atoms with Crippen molar-refractivity contribution in [2.45, 2.75) is 38.6 Å². The lowest BCUT2D eigenvalue weighted by Crippen LogP contribution is -2.46. The van der Waals surface area contributed by atoms with Crippen molar-refractivity contribution in [3.8, 4) is 5.75 Å². The maximum atomic E-state index is 12.2. The molecule has 0 bridgehead atoms.